The molecule has 0 amide bonds. The molecule has 29 heavy (non-hydrogen) atoms. The number of ether oxygens (including phenoxy) is 1. The highest BCUT2D eigenvalue weighted by atomic mass is 32.2. The predicted octanol–water partition coefficient (Wildman–Crippen LogP) is 2.18. The highest BCUT2D eigenvalue weighted by molar-refractivity contribution is 8.06. The number of H-pyrrole nitrogens is 1. The van der Waals surface area contributed by atoms with Crippen molar-refractivity contribution in [1.29, 1.82) is 0 Å². The summed E-state index contributed by atoms with van der Waals surface area (Å²) in [4.78, 5) is 26.2. The van der Waals surface area contributed by atoms with Gasteiger partial charge in [0.25, 0.3) is 0 Å². The molecule has 0 saturated heterocycles. The van der Waals surface area contributed by atoms with Crippen LogP contribution in [0.2, 0.25) is 0 Å². The van der Waals surface area contributed by atoms with Gasteiger partial charge in [0.2, 0.25) is 0 Å². The van der Waals surface area contributed by atoms with Crippen LogP contribution in [0.15, 0.2) is 63.9 Å². The molecule has 9 nitrogen and oxygen atoms in total. The average molecular weight is 415 g/mol. The minimum atomic E-state index is -4.46. The van der Waals surface area contributed by atoms with E-state index in [9.17, 15) is 18.0 Å². The molecule has 0 aliphatic carbocycles. The van der Waals surface area contributed by atoms with Gasteiger partial charge in [0.15, 0.2) is 5.82 Å². The highest BCUT2D eigenvalue weighted by Gasteiger charge is 2.39. The molecule has 0 unspecified atom stereocenters. The number of rotatable bonds is 4. The fourth-order valence-electron chi connectivity index (χ4n) is 3.26. The third kappa shape index (κ3) is 3.79. The van der Waals surface area contributed by atoms with E-state index in [1.165, 1.54) is 0 Å². The summed E-state index contributed by atoms with van der Waals surface area (Å²) in [6.07, 6.45) is 0.434. The molecule has 10 heteroatoms. The van der Waals surface area contributed by atoms with Crippen LogP contribution in [0.25, 0.3) is 0 Å². The number of carbonyl (C=O) groups excluding carboxylic acids is 1. The molecule has 1 aliphatic rings. The Kier molecular flexibility index (Phi) is 4.93. The summed E-state index contributed by atoms with van der Waals surface area (Å²) in [5, 5.41) is 2.33. The zero-order chi connectivity index (χ0) is 20.4. The Morgan fingerprint density at radius 1 is 1.17 bits per heavy atom. The first-order valence-corrected chi connectivity index (χ1v) is 10.3. The van der Waals surface area contributed by atoms with E-state index >= 15 is 0 Å². The van der Waals surface area contributed by atoms with Gasteiger partial charge in [-0.05, 0) is 23.6 Å². The van der Waals surface area contributed by atoms with Crippen molar-refractivity contribution in [1.82, 2.24) is 10.1 Å². The Labute approximate surface area is 166 Å². The third-order valence-corrected chi connectivity index (χ3v) is 6.12. The molecule has 0 radical (unpaired) electrons. The van der Waals surface area contributed by atoms with E-state index in [-0.39, 0.29) is 19.0 Å². The minimum Gasteiger partial charge on any atom is -0.448 e. The Morgan fingerprint density at radius 2 is 1.90 bits per heavy atom. The predicted molar refractivity (Wildman–Crippen MR) is 103 cm³/mol. The third-order valence-electron chi connectivity index (χ3n) is 4.66. The van der Waals surface area contributed by atoms with Gasteiger partial charge in [0.05, 0.1) is 5.69 Å². The summed E-state index contributed by atoms with van der Waals surface area (Å²) in [5.74, 6) is -0.981. The number of nitrogens with zero attached hydrogens (tertiary/aromatic N) is 2. The highest BCUT2D eigenvalue weighted by Crippen LogP contribution is 2.35. The largest absolute Gasteiger partial charge is 0.448 e. The Bertz CT molecular complexity index is 1190. The van der Waals surface area contributed by atoms with Crippen LogP contribution in [0.1, 0.15) is 22.9 Å². The van der Waals surface area contributed by atoms with Crippen LogP contribution in [0.4, 0.5) is 10.5 Å². The molecule has 2 heterocycles. The second-order valence-electron chi connectivity index (χ2n) is 6.57. The van der Waals surface area contributed by atoms with Crippen LogP contribution in [0.3, 0.4) is 0 Å². The summed E-state index contributed by atoms with van der Waals surface area (Å²) < 4.78 is 36.6. The molecule has 2 aromatic carbocycles. The van der Waals surface area contributed by atoms with Crippen LogP contribution in [-0.4, -0.2) is 30.4 Å². The van der Waals surface area contributed by atoms with Gasteiger partial charge in [-0.3, -0.25) is 13.8 Å². The van der Waals surface area contributed by atoms with Crippen molar-refractivity contribution in [3.05, 3.63) is 82.1 Å². The lowest BCUT2D eigenvalue weighted by Crippen LogP contribution is -2.43. The molecule has 3 aromatic rings. The second kappa shape index (κ2) is 7.55. The summed E-state index contributed by atoms with van der Waals surface area (Å²) in [6, 6.07) is 15.6. The van der Waals surface area contributed by atoms with Crippen LogP contribution < -0.4 is 10.1 Å². The monoisotopic (exact) mass is 415 g/mol. The molecular weight excluding hydrogens is 398 g/mol. The topological polar surface area (TPSA) is 123 Å². The minimum absolute atomic E-state index is 0.0811. The number of aromatic amines is 1. The second-order valence-corrected chi connectivity index (χ2v) is 8.29. The van der Waals surface area contributed by atoms with Gasteiger partial charge in [0, 0.05) is 12.5 Å². The first-order valence-electron chi connectivity index (χ1n) is 8.82. The van der Waals surface area contributed by atoms with Gasteiger partial charge in [-0.15, -0.1) is 0 Å². The number of nitrogens with one attached hydrogen (secondary N) is 1. The molecular formula is C19H17N3O6S. The van der Waals surface area contributed by atoms with Crippen molar-refractivity contribution >= 4 is 21.0 Å². The van der Waals surface area contributed by atoms with Crippen molar-refractivity contribution in [2.24, 2.45) is 0 Å². The lowest BCUT2D eigenvalue weighted by atomic mass is 9.93. The molecule has 0 fully saturated rings. The van der Waals surface area contributed by atoms with Crippen LogP contribution in [-0.2, 0) is 27.8 Å². The number of sulfonamides is 1. The maximum absolute atomic E-state index is 13.0. The molecule has 1 aliphatic heterocycles. The maximum atomic E-state index is 13.0. The van der Waals surface area contributed by atoms with Crippen LogP contribution in [0, 0.1) is 0 Å². The zero-order valence-electron chi connectivity index (χ0n) is 15.1. The van der Waals surface area contributed by atoms with Crippen molar-refractivity contribution in [2.45, 2.75) is 18.9 Å². The molecule has 1 atom stereocenters. The lowest BCUT2D eigenvalue weighted by Gasteiger charge is -2.33. The smallest absolute Gasteiger partial charge is 0.445 e. The Morgan fingerprint density at radius 3 is 2.62 bits per heavy atom. The van der Waals surface area contributed by atoms with Crippen LogP contribution >= 0.6 is 0 Å². The zero-order valence-corrected chi connectivity index (χ0v) is 16.0. The van der Waals surface area contributed by atoms with E-state index < -0.39 is 27.0 Å². The van der Waals surface area contributed by atoms with Gasteiger partial charge in [-0.2, -0.15) is 8.42 Å². The molecule has 4 rings (SSSR count). The van der Waals surface area contributed by atoms with Gasteiger partial charge in [-0.1, -0.05) is 53.7 Å². The number of anilines is 1. The van der Waals surface area contributed by atoms with E-state index in [1.807, 2.05) is 0 Å². The molecule has 0 saturated carbocycles. The van der Waals surface area contributed by atoms with E-state index in [1.54, 1.807) is 54.6 Å². The molecule has 0 bridgehead atoms. The van der Waals surface area contributed by atoms with E-state index in [2.05, 4.69) is 14.7 Å². The van der Waals surface area contributed by atoms with Crippen LogP contribution in [0.5, 0.6) is 0 Å². The van der Waals surface area contributed by atoms with Crippen molar-refractivity contribution in [3.63, 3.8) is 0 Å². The number of aromatic nitrogens is 2. The van der Waals surface area contributed by atoms with E-state index in [4.69, 9.17) is 4.74 Å². The first-order chi connectivity index (χ1) is 13.9. The van der Waals surface area contributed by atoms with Gasteiger partial charge in [-0.25, -0.2) is 9.59 Å². The summed E-state index contributed by atoms with van der Waals surface area (Å²) in [6.45, 7) is -0.239. The van der Waals surface area contributed by atoms with Gasteiger partial charge < -0.3 is 4.74 Å². The number of fused-ring (bicyclic) bond motifs is 1. The van der Waals surface area contributed by atoms with Crippen molar-refractivity contribution < 1.29 is 22.5 Å². The van der Waals surface area contributed by atoms with E-state index in [0.29, 0.717) is 23.2 Å². The molecule has 1 N–H and O–H groups in total. The molecule has 0 spiro atoms. The summed E-state index contributed by atoms with van der Waals surface area (Å²) >= 11 is 0. The van der Waals surface area contributed by atoms with Crippen molar-refractivity contribution in [3.8, 4) is 0 Å². The average Bonchev–Trinajstić information content (AvgIpc) is 3.18. The fraction of sp³-hybridized carbons (Fsp3) is 0.211. The number of para-hydroxylation sites is 1. The van der Waals surface area contributed by atoms with Gasteiger partial charge in [0.1, 0.15) is 6.61 Å². The quantitative estimate of drug-likeness (QED) is 0.648. The summed E-state index contributed by atoms with van der Waals surface area (Å²) in [7, 11) is -4.46. The molecule has 150 valence electrons. The normalized spacial score (nSPS) is 16.3. The SMILES string of the molecule is O=C(OCc1ccccc1)S(=O)(=O)N1C[C@H](c2noc(=O)[nH]2)Cc2ccccc21. The number of hydrogen-bond acceptors (Lipinski definition) is 7. The number of hydrogen-bond donors (Lipinski definition) is 1. The molecule has 1 aromatic heterocycles. The number of benzene rings is 2. The fourth-order valence-corrected chi connectivity index (χ4v) is 4.47. The maximum Gasteiger partial charge on any atom is 0.445 e. The Balaban J connectivity index is 1.62. The Hall–Kier alpha value is -3.40. The standard InChI is InChI=1S/C19H17N3O6S/c23-18-20-17(21-28-18)15-10-14-8-4-5-9-16(14)22(11-15)29(25,26)19(24)27-12-13-6-2-1-3-7-13/h1-9,15H,10-12H2,(H,20,21,23)/t15-/m1/s1. The first kappa shape index (κ1) is 18.9. The van der Waals surface area contributed by atoms with E-state index in [0.717, 1.165) is 4.31 Å². The van der Waals surface area contributed by atoms with Crippen molar-refractivity contribution in [2.75, 3.05) is 10.8 Å². The number of carbonyl (C=O) groups is 1. The van der Waals surface area contributed by atoms with Gasteiger partial charge >= 0.3 is 21.1 Å². The summed E-state index contributed by atoms with van der Waals surface area (Å²) in [5.41, 5.74) is 1.77. The lowest BCUT2D eigenvalue weighted by molar-refractivity contribution is 0.165.